The number of carbonyl (C=O) groups excluding carboxylic acids is 1. The van der Waals surface area contributed by atoms with Gasteiger partial charge < -0.3 is 18.7 Å². The molecule has 92 valence electrons. The molecule has 0 amide bonds. The third-order valence-electron chi connectivity index (χ3n) is 2.91. The van der Waals surface area contributed by atoms with Crippen molar-refractivity contribution in [3.63, 3.8) is 0 Å². The first-order chi connectivity index (χ1) is 8.72. The number of rotatable bonds is 2. The van der Waals surface area contributed by atoms with Gasteiger partial charge in [0.25, 0.3) is 0 Å². The van der Waals surface area contributed by atoms with Crippen molar-refractivity contribution in [1.29, 1.82) is 0 Å². The van der Waals surface area contributed by atoms with Crippen molar-refractivity contribution < 1.29 is 23.5 Å². The second kappa shape index (κ2) is 3.89. The van der Waals surface area contributed by atoms with Crippen LogP contribution in [0.15, 0.2) is 39.6 Å². The number of carbonyl (C=O) groups is 1. The fourth-order valence-corrected chi connectivity index (χ4v) is 2.07. The predicted molar refractivity (Wildman–Crippen MR) is 63.0 cm³/mol. The Balaban J connectivity index is 2.36. The molecule has 0 saturated heterocycles. The summed E-state index contributed by atoms with van der Waals surface area (Å²) in [6, 6.07) is 5.21. The van der Waals surface area contributed by atoms with Crippen LogP contribution in [0, 0.1) is 0 Å². The van der Waals surface area contributed by atoms with Gasteiger partial charge in [-0.2, -0.15) is 0 Å². The fraction of sp³-hybridized carbons (Fsp3) is 0.154. The zero-order valence-corrected chi connectivity index (χ0v) is 9.54. The van der Waals surface area contributed by atoms with Crippen LogP contribution >= 0.6 is 0 Å². The number of hydrogen-bond acceptors (Lipinski definition) is 5. The van der Waals surface area contributed by atoms with Crippen molar-refractivity contribution in [2.45, 2.75) is 6.10 Å². The van der Waals surface area contributed by atoms with E-state index >= 15 is 0 Å². The normalized spacial score (nSPS) is 13.0. The molecule has 0 radical (unpaired) electrons. The molecule has 5 nitrogen and oxygen atoms in total. The molecule has 0 spiro atoms. The zero-order valence-electron chi connectivity index (χ0n) is 9.54. The van der Waals surface area contributed by atoms with Gasteiger partial charge >= 0.3 is 5.97 Å². The summed E-state index contributed by atoms with van der Waals surface area (Å²) in [4.78, 5) is 11.5. The molecule has 0 aliphatic rings. The topological polar surface area (TPSA) is 72.8 Å². The summed E-state index contributed by atoms with van der Waals surface area (Å²) in [5.74, 6) is -0.735. The quantitative estimate of drug-likeness (QED) is 0.703. The highest BCUT2D eigenvalue weighted by Gasteiger charge is 2.25. The van der Waals surface area contributed by atoms with Crippen LogP contribution in [0.1, 0.15) is 11.7 Å². The van der Waals surface area contributed by atoms with Gasteiger partial charge in [0.1, 0.15) is 11.2 Å². The molecule has 0 saturated carbocycles. The standard InChI is InChI=1S/C13H10O5/c1-16-13(15)11(14)10-8-3-5-17-9(8)6-7-2-4-18-12(7)10/h2-6,11,14H,1H3. The average Bonchev–Trinajstić information content (AvgIpc) is 3.01. The van der Waals surface area contributed by atoms with E-state index in [9.17, 15) is 9.90 Å². The number of hydrogen-bond donors (Lipinski definition) is 1. The highest BCUT2D eigenvalue weighted by molar-refractivity contribution is 6.00. The van der Waals surface area contributed by atoms with Gasteiger partial charge in [0, 0.05) is 16.3 Å². The van der Waals surface area contributed by atoms with Crippen LogP contribution < -0.4 is 0 Å². The SMILES string of the molecule is COC(=O)C(O)c1c2ccoc2cc2ccoc12. The number of fused-ring (bicyclic) bond motifs is 2. The van der Waals surface area contributed by atoms with E-state index in [0.29, 0.717) is 22.1 Å². The second-order valence-corrected chi connectivity index (χ2v) is 3.89. The first-order valence-corrected chi connectivity index (χ1v) is 5.35. The molecule has 0 aliphatic heterocycles. The molecular weight excluding hydrogens is 236 g/mol. The summed E-state index contributed by atoms with van der Waals surface area (Å²) in [6.45, 7) is 0. The Hall–Kier alpha value is -2.27. The van der Waals surface area contributed by atoms with E-state index in [-0.39, 0.29) is 0 Å². The largest absolute Gasteiger partial charge is 0.467 e. The lowest BCUT2D eigenvalue weighted by molar-refractivity contribution is -0.150. The van der Waals surface area contributed by atoms with Crippen molar-refractivity contribution in [3.8, 4) is 0 Å². The van der Waals surface area contributed by atoms with E-state index in [4.69, 9.17) is 8.83 Å². The molecule has 0 aliphatic carbocycles. The Kier molecular flexibility index (Phi) is 2.34. The summed E-state index contributed by atoms with van der Waals surface area (Å²) in [5.41, 5.74) is 1.41. The fourth-order valence-electron chi connectivity index (χ4n) is 2.07. The van der Waals surface area contributed by atoms with Gasteiger partial charge in [0.2, 0.25) is 0 Å². The van der Waals surface area contributed by atoms with E-state index < -0.39 is 12.1 Å². The Morgan fingerprint density at radius 1 is 1.33 bits per heavy atom. The Bertz CT molecular complexity index is 672. The molecule has 18 heavy (non-hydrogen) atoms. The first-order valence-electron chi connectivity index (χ1n) is 5.35. The molecule has 2 heterocycles. The summed E-state index contributed by atoms with van der Waals surface area (Å²) < 4.78 is 15.2. The third kappa shape index (κ3) is 1.41. The predicted octanol–water partition coefficient (Wildman–Crippen LogP) is 2.39. The maximum Gasteiger partial charge on any atom is 0.339 e. The maximum absolute atomic E-state index is 11.5. The lowest BCUT2D eigenvalue weighted by atomic mass is 10.0. The second-order valence-electron chi connectivity index (χ2n) is 3.89. The Morgan fingerprint density at radius 3 is 2.89 bits per heavy atom. The molecule has 1 N–H and O–H groups in total. The van der Waals surface area contributed by atoms with Crippen molar-refractivity contribution in [2.75, 3.05) is 7.11 Å². The molecule has 3 rings (SSSR count). The smallest absolute Gasteiger partial charge is 0.339 e. The lowest BCUT2D eigenvalue weighted by Crippen LogP contribution is -2.13. The van der Waals surface area contributed by atoms with Gasteiger partial charge in [0.15, 0.2) is 6.10 Å². The van der Waals surface area contributed by atoms with Crippen molar-refractivity contribution in [3.05, 3.63) is 36.3 Å². The van der Waals surface area contributed by atoms with E-state index in [1.165, 1.54) is 19.6 Å². The van der Waals surface area contributed by atoms with Crippen LogP contribution in [0.3, 0.4) is 0 Å². The minimum atomic E-state index is -1.40. The lowest BCUT2D eigenvalue weighted by Gasteiger charge is -2.10. The molecule has 1 unspecified atom stereocenters. The van der Waals surface area contributed by atoms with Gasteiger partial charge in [-0.15, -0.1) is 0 Å². The number of ether oxygens (including phenoxy) is 1. The summed E-state index contributed by atoms with van der Waals surface area (Å²) >= 11 is 0. The summed E-state index contributed by atoms with van der Waals surface area (Å²) in [7, 11) is 1.22. The monoisotopic (exact) mass is 246 g/mol. The van der Waals surface area contributed by atoms with Crippen LogP contribution in [-0.4, -0.2) is 18.2 Å². The number of benzene rings is 1. The average molecular weight is 246 g/mol. The third-order valence-corrected chi connectivity index (χ3v) is 2.91. The maximum atomic E-state index is 11.5. The Morgan fingerprint density at radius 2 is 2.11 bits per heavy atom. The van der Waals surface area contributed by atoms with E-state index in [0.717, 1.165) is 5.39 Å². The van der Waals surface area contributed by atoms with E-state index in [2.05, 4.69) is 4.74 Å². The Labute approximate surface area is 102 Å². The number of methoxy groups -OCH3 is 1. The molecule has 1 atom stereocenters. The number of aliphatic hydroxyl groups is 1. The first kappa shape index (κ1) is 10.9. The van der Waals surface area contributed by atoms with Gasteiger partial charge in [-0.05, 0) is 18.2 Å². The highest BCUT2D eigenvalue weighted by atomic mass is 16.5. The van der Waals surface area contributed by atoms with Crippen molar-refractivity contribution >= 4 is 27.9 Å². The molecule has 0 bridgehead atoms. The minimum absolute atomic E-state index is 0.369. The van der Waals surface area contributed by atoms with Crippen LogP contribution in [0.25, 0.3) is 21.9 Å². The van der Waals surface area contributed by atoms with Crippen molar-refractivity contribution in [1.82, 2.24) is 0 Å². The van der Waals surface area contributed by atoms with E-state index in [1.54, 1.807) is 18.2 Å². The molecule has 5 heteroatoms. The summed E-state index contributed by atoms with van der Waals surface area (Å²) in [5, 5.41) is 11.4. The van der Waals surface area contributed by atoms with Gasteiger partial charge in [0.05, 0.1) is 19.6 Å². The molecule has 0 fully saturated rings. The molecule has 2 aromatic heterocycles. The van der Waals surface area contributed by atoms with Gasteiger partial charge in [-0.3, -0.25) is 0 Å². The van der Waals surface area contributed by atoms with E-state index in [1.807, 2.05) is 0 Å². The number of furan rings is 2. The van der Waals surface area contributed by atoms with Gasteiger partial charge in [-0.25, -0.2) is 4.79 Å². The van der Waals surface area contributed by atoms with Crippen molar-refractivity contribution in [2.24, 2.45) is 0 Å². The van der Waals surface area contributed by atoms with Gasteiger partial charge in [-0.1, -0.05) is 0 Å². The van der Waals surface area contributed by atoms with Crippen LogP contribution in [0.5, 0.6) is 0 Å². The highest BCUT2D eigenvalue weighted by Crippen LogP contribution is 2.34. The van der Waals surface area contributed by atoms with Crippen LogP contribution in [-0.2, 0) is 9.53 Å². The summed E-state index contributed by atoms with van der Waals surface area (Å²) in [6.07, 6.45) is 1.60. The molecular formula is C13H10O5. The molecule has 1 aromatic carbocycles. The molecule has 3 aromatic rings. The zero-order chi connectivity index (χ0) is 12.7. The number of esters is 1. The van der Waals surface area contributed by atoms with Crippen LogP contribution in [0.4, 0.5) is 0 Å². The van der Waals surface area contributed by atoms with Crippen LogP contribution in [0.2, 0.25) is 0 Å². The minimum Gasteiger partial charge on any atom is -0.467 e. The number of aliphatic hydroxyl groups excluding tert-OH is 1.